The van der Waals surface area contributed by atoms with Crippen LogP contribution in [0.2, 0.25) is 0 Å². The van der Waals surface area contributed by atoms with Crippen molar-refractivity contribution in [3.8, 4) is 0 Å². The number of carbonyl (C=O) groups is 2. The molecule has 1 aromatic rings. The summed E-state index contributed by atoms with van der Waals surface area (Å²) in [7, 11) is 0. The fourth-order valence-corrected chi connectivity index (χ4v) is 2.90. The Balaban J connectivity index is 1.67. The van der Waals surface area contributed by atoms with E-state index in [9.17, 15) is 9.59 Å². The van der Waals surface area contributed by atoms with E-state index in [1.807, 2.05) is 35.2 Å². The van der Waals surface area contributed by atoms with Crippen molar-refractivity contribution in [3.63, 3.8) is 0 Å². The summed E-state index contributed by atoms with van der Waals surface area (Å²) in [4.78, 5) is 26.0. The van der Waals surface area contributed by atoms with Crippen LogP contribution in [0.25, 0.3) is 0 Å². The van der Waals surface area contributed by atoms with Gasteiger partial charge in [0, 0.05) is 31.7 Å². The van der Waals surface area contributed by atoms with Crippen molar-refractivity contribution < 1.29 is 9.59 Å². The van der Waals surface area contributed by atoms with Crippen molar-refractivity contribution >= 4 is 17.6 Å². The van der Waals surface area contributed by atoms with Crippen LogP contribution in [0.5, 0.6) is 0 Å². The third-order valence-corrected chi connectivity index (χ3v) is 4.44. The number of anilines is 1. The van der Waals surface area contributed by atoms with Gasteiger partial charge in [0.1, 0.15) is 0 Å². The molecule has 3 amide bonds. The van der Waals surface area contributed by atoms with Gasteiger partial charge in [-0.3, -0.25) is 4.79 Å². The van der Waals surface area contributed by atoms with Gasteiger partial charge in [-0.1, -0.05) is 32.0 Å². The maximum Gasteiger partial charge on any atom is 0.321 e. The van der Waals surface area contributed by atoms with Gasteiger partial charge in [-0.2, -0.15) is 0 Å². The molecule has 2 N–H and O–H groups in total. The lowest BCUT2D eigenvalue weighted by molar-refractivity contribution is -0.122. The number of likely N-dealkylation sites (tertiary alicyclic amines) is 1. The van der Waals surface area contributed by atoms with Crippen molar-refractivity contribution in [1.29, 1.82) is 0 Å². The Kier molecular flexibility index (Phi) is 7.09. The van der Waals surface area contributed by atoms with Gasteiger partial charge in [-0.25, -0.2) is 4.79 Å². The second-order valence-corrected chi connectivity index (χ2v) is 6.96. The molecule has 0 bridgehead atoms. The van der Waals surface area contributed by atoms with E-state index in [4.69, 9.17) is 0 Å². The van der Waals surface area contributed by atoms with Crippen molar-refractivity contribution in [2.45, 2.75) is 39.5 Å². The molecule has 5 heteroatoms. The molecule has 5 nitrogen and oxygen atoms in total. The van der Waals surface area contributed by atoms with Crippen LogP contribution in [0, 0.1) is 11.8 Å². The summed E-state index contributed by atoms with van der Waals surface area (Å²) in [5.74, 6) is 1.13. The van der Waals surface area contributed by atoms with Gasteiger partial charge in [-0.15, -0.1) is 0 Å². The molecule has 1 aliphatic heterocycles. The zero-order valence-electron chi connectivity index (χ0n) is 14.8. The number of piperidine rings is 1. The van der Waals surface area contributed by atoms with Gasteiger partial charge >= 0.3 is 6.03 Å². The maximum absolute atomic E-state index is 12.2. The molecule has 1 aromatic carbocycles. The van der Waals surface area contributed by atoms with E-state index < -0.39 is 0 Å². The van der Waals surface area contributed by atoms with Crippen LogP contribution in [-0.2, 0) is 4.79 Å². The minimum atomic E-state index is -0.0546. The number of urea groups is 1. The van der Waals surface area contributed by atoms with Crippen molar-refractivity contribution in [3.05, 3.63) is 30.3 Å². The third-order valence-electron chi connectivity index (χ3n) is 4.44. The average Bonchev–Trinajstić information content (AvgIpc) is 2.56. The summed E-state index contributed by atoms with van der Waals surface area (Å²) in [6.45, 7) is 6.49. The van der Waals surface area contributed by atoms with Crippen LogP contribution in [0.15, 0.2) is 30.3 Å². The predicted molar refractivity (Wildman–Crippen MR) is 96.8 cm³/mol. The van der Waals surface area contributed by atoms with Gasteiger partial charge in [0.05, 0.1) is 0 Å². The monoisotopic (exact) mass is 331 g/mol. The lowest BCUT2D eigenvalue weighted by Crippen LogP contribution is -2.42. The highest BCUT2D eigenvalue weighted by molar-refractivity contribution is 5.89. The first-order chi connectivity index (χ1) is 11.5. The molecule has 0 radical (unpaired) electrons. The summed E-state index contributed by atoms with van der Waals surface area (Å²) in [5.41, 5.74) is 0.814. The molecule has 1 heterocycles. The number of rotatable bonds is 6. The fraction of sp³-hybridized carbons (Fsp3) is 0.579. The first kappa shape index (κ1) is 18.3. The van der Waals surface area contributed by atoms with Gasteiger partial charge < -0.3 is 15.5 Å². The van der Waals surface area contributed by atoms with Gasteiger partial charge in [0.15, 0.2) is 0 Å². The highest BCUT2D eigenvalue weighted by Gasteiger charge is 2.24. The molecular formula is C19H29N3O2. The average molecular weight is 331 g/mol. The number of nitrogens with one attached hydrogen (secondary N) is 2. The number of hydrogen-bond donors (Lipinski definition) is 2. The second kappa shape index (κ2) is 9.30. The Morgan fingerprint density at radius 2 is 1.83 bits per heavy atom. The topological polar surface area (TPSA) is 61.4 Å². The van der Waals surface area contributed by atoms with E-state index in [1.165, 1.54) is 0 Å². The number of para-hydroxylation sites is 1. The van der Waals surface area contributed by atoms with Crippen LogP contribution in [0.4, 0.5) is 10.5 Å². The Morgan fingerprint density at radius 1 is 1.17 bits per heavy atom. The van der Waals surface area contributed by atoms with E-state index >= 15 is 0 Å². The summed E-state index contributed by atoms with van der Waals surface area (Å²) in [5, 5.41) is 5.91. The number of hydrogen-bond acceptors (Lipinski definition) is 2. The smallest absolute Gasteiger partial charge is 0.321 e. The first-order valence-electron chi connectivity index (χ1n) is 8.92. The zero-order chi connectivity index (χ0) is 17.4. The number of carbonyl (C=O) groups excluding carboxylic acids is 2. The van der Waals surface area contributed by atoms with Crippen LogP contribution in [0.3, 0.4) is 0 Å². The molecule has 24 heavy (non-hydrogen) atoms. The molecule has 1 aliphatic rings. The maximum atomic E-state index is 12.2. The summed E-state index contributed by atoms with van der Waals surface area (Å²) in [6.07, 6.45) is 3.37. The summed E-state index contributed by atoms with van der Waals surface area (Å²) in [6, 6.07) is 9.44. The van der Waals surface area contributed by atoms with Crippen molar-refractivity contribution in [2.75, 3.05) is 25.0 Å². The lowest BCUT2D eigenvalue weighted by Gasteiger charge is -2.31. The van der Waals surface area contributed by atoms with Crippen molar-refractivity contribution in [1.82, 2.24) is 10.2 Å². The van der Waals surface area contributed by atoms with E-state index in [0.29, 0.717) is 31.3 Å². The molecule has 0 unspecified atom stereocenters. The van der Waals surface area contributed by atoms with E-state index in [2.05, 4.69) is 24.5 Å². The lowest BCUT2D eigenvalue weighted by atomic mass is 9.93. The Labute approximate surface area is 144 Å². The minimum Gasteiger partial charge on any atom is -0.356 e. The SMILES string of the molecule is CC(C)CCNC(=O)CC1CCN(C(=O)Nc2ccccc2)CC1. The zero-order valence-corrected chi connectivity index (χ0v) is 14.8. The summed E-state index contributed by atoms with van der Waals surface area (Å²) < 4.78 is 0. The quantitative estimate of drug-likeness (QED) is 0.838. The molecule has 1 fully saturated rings. The third kappa shape index (κ3) is 6.22. The van der Waals surface area contributed by atoms with Crippen LogP contribution in [0.1, 0.15) is 39.5 Å². The number of nitrogens with zero attached hydrogens (tertiary/aromatic N) is 1. The Morgan fingerprint density at radius 3 is 2.46 bits per heavy atom. The predicted octanol–water partition coefficient (Wildman–Crippen LogP) is 3.48. The molecule has 0 spiro atoms. The second-order valence-electron chi connectivity index (χ2n) is 6.96. The van der Waals surface area contributed by atoms with Crippen LogP contribution in [-0.4, -0.2) is 36.5 Å². The molecule has 0 aromatic heterocycles. The van der Waals surface area contributed by atoms with Gasteiger partial charge in [-0.05, 0) is 43.2 Å². The van der Waals surface area contributed by atoms with Crippen LogP contribution >= 0.6 is 0 Å². The molecule has 1 saturated heterocycles. The van der Waals surface area contributed by atoms with Gasteiger partial charge in [0.25, 0.3) is 0 Å². The molecular weight excluding hydrogens is 302 g/mol. The normalized spacial score (nSPS) is 15.4. The fourth-order valence-electron chi connectivity index (χ4n) is 2.90. The van der Waals surface area contributed by atoms with Crippen LogP contribution < -0.4 is 10.6 Å². The standard InChI is InChI=1S/C19H29N3O2/c1-15(2)8-11-20-18(23)14-16-9-12-22(13-10-16)19(24)21-17-6-4-3-5-7-17/h3-7,15-16H,8-14H2,1-2H3,(H,20,23)(H,21,24). The molecule has 0 atom stereocenters. The Bertz CT molecular complexity index is 523. The number of amides is 3. The molecule has 132 valence electrons. The number of benzene rings is 1. The summed E-state index contributed by atoms with van der Waals surface area (Å²) >= 11 is 0. The van der Waals surface area contributed by atoms with E-state index in [0.717, 1.165) is 31.5 Å². The van der Waals surface area contributed by atoms with Crippen molar-refractivity contribution in [2.24, 2.45) is 11.8 Å². The molecule has 2 rings (SSSR count). The highest BCUT2D eigenvalue weighted by Crippen LogP contribution is 2.21. The Hall–Kier alpha value is -2.04. The molecule has 0 saturated carbocycles. The molecule has 0 aliphatic carbocycles. The van der Waals surface area contributed by atoms with E-state index in [1.54, 1.807) is 0 Å². The van der Waals surface area contributed by atoms with Gasteiger partial charge in [0.2, 0.25) is 5.91 Å². The van der Waals surface area contributed by atoms with E-state index in [-0.39, 0.29) is 11.9 Å². The minimum absolute atomic E-state index is 0.0546. The first-order valence-corrected chi connectivity index (χ1v) is 8.92. The highest BCUT2D eigenvalue weighted by atomic mass is 16.2. The largest absolute Gasteiger partial charge is 0.356 e.